The molecule has 0 spiro atoms. The molecule has 0 amide bonds. The number of aromatic amines is 1. The predicted octanol–water partition coefficient (Wildman–Crippen LogP) is 5.76. The second kappa shape index (κ2) is 7.51. The molecule has 3 heterocycles. The van der Waals surface area contributed by atoms with Crippen LogP contribution in [0.1, 0.15) is 22.9 Å². The molecule has 0 fully saturated rings. The zero-order valence-electron chi connectivity index (χ0n) is 15.2. The lowest BCUT2D eigenvalue weighted by atomic mass is 10.1. The van der Waals surface area contributed by atoms with Gasteiger partial charge in [-0.05, 0) is 48.1 Å². The number of alkyl halides is 1. The van der Waals surface area contributed by atoms with Crippen LogP contribution in [0.5, 0.6) is 0 Å². The molecule has 28 heavy (non-hydrogen) atoms. The normalized spacial score (nSPS) is 12.0. The minimum Gasteiger partial charge on any atom is -0.351 e. The topological polar surface area (TPSA) is 74.8 Å². The molecule has 9 heteroatoms. The fourth-order valence-electron chi connectivity index (χ4n) is 3.06. The van der Waals surface area contributed by atoms with Crippen molar-refractivity contribution in [2.24, 2.45) is 0 Å². The molecule has 0 aliphatic heterocycles. The van der Waals surface area contributed by atoms with E-state index in [9.17, 15) is 8.42 Å². The van der Waals surface area contributed by atoms with E-state index in [-0.39, 0.29) is 0 Å². The highest BCUT2D eigenvalue weighted by atomic mass is 35.5. The number of nitrogens with one attached hydrogen (secondary N) is 2. The molecule has 4 aromatic rings. The van der Waals surface area contributed by atoms with Gasteiger partial charge < -0.3 is 4.98 Å². The first kappa shape index (κ1) is 19.4. The minimum atomic E-state index is -3.65. The summed E-state index contributed by atoms with van der Waals surface area (Å²) in [7, 11) is -3.65. The number of aryl methyl sites for hydroxylation is 2. The number of sulfonamides is 1. The van der Waals surface area contributed by atoms with Crippen molar-refractivity contribution in [1.29, 1.82) is 0 Å². The van der Waals surface area contributed by atoms with E-state index < -0.39 is 10.0 Å². The number of thiophene rings is 1. The molecule has 0 aliphatic carbocycles. The smallest absolute Gasteiger partial charge is 0.271 e. The Morgan fingerprint density at radius 3 is 2.82 bits per heavy atom. The van der Waals surface area contributed by atoms with Crippen LogP contribution in [-0.4, -0.2) is 18.4 Å². The highest BCUT2D eigenvalue weighted by molar-refractivity contribution is 7.94. The van der Waals surface area contributed by atoms with Gasteiger partial charge in [-0.3, -0.25) is 4.72 Å². The number of H-pyrrole nitrogens is 1. The maximum absolute atomic E-state index is 13.0. The summed E-state index contributed by atoms with van der Waals surface area (Å²) in [6.45, 7) is 3.95. The van der Waals surface area contributed by atoms with Gasteiger partial charge in [-0.1, -0.05) is 13.0 Å². The summed E-state index contributed by atoms with van der Waals surface area (Å²) in [6.07, 6.45) is 2.43. The third-order valence-electron chi connectivity index (χ3n) is 4.50. The molecule has 5 nitrogen and oxygen atoms in total. The average molecular weight is 452 g/mol. The van der Waals surface area contributed by atoms with Crippen LogP contribution in [0, 0.1) is 6.92 Å². The number of fused-ring (bicyclic) bond motifs is 1. The van der Waals surface area contributed by atoms with E-state index in [1.54, 1.807) is 12.3 Å². The molecular weight excluding hydrogens is 434 g/mol. The van der Waals surface area contributed by atoms with Gasteiger partial charge in [0.15, 0.2) is 0 Å². The van der Waals surface area contributed by atoms with Gasteiger partial charge in [0.2, 0.25) is 0 Å². The largest absolute Gasteiger partial charge is 0.351 e. The Bertz CT molecular complexity index is 1250. The van der Waals surface area contributed by atoms with E-state index in [4.69, 9.17) is 11.6 Å². The highest BCUT2D eigenvalue weighted by Crippen LogP contribution is 2.34. The summed E-state index contributed by atoms with van der Waals surface area (Å²) in [5.74, 6) is 0.419. The third kappa shape index (κ3) is 3.45. The number of hydrogen-bond donors (Lipinski definition) is 2. The van der Waals surface area contributed by atoms with Gasteiger partial charge in [0, 0.05) is 16.5 Å². The zero-order chi connectivity index (χ0) is 19.9. The second-order valence-electron chi connectivity index (χ2n) is 6.36. The van der Waals surface area contributed by atoms with E-state index in [2.05, 4.69) is 14.7 Å². The number of aromatic nitrogens is 2. The lowest BCUT2D eigenvalue weighted by Crippen LogP contribution is -2.13. The van der Waals surface area contributed by atoms with E-state index >= 15 is 0 Å². The quantitative estimate of drug-likeness (QED) is 0.366. The third-order valence-corrected chi connectivity index (χ3v) is 8.91. The first-order valence-electron chi connectivity index (χ1n) is 8.65. The summed E-state index contributed by atoms with van der Waals surface area (Å²) >= 11 is 8.64. The Labute approximate surface area is 176 Å². The molecular formula is C19H18ClN3O2S3. The predicted molar refractivity (Wildman–Crippen MR) is 118 cm³/mol. The lowest BCUT2D eigenvalue weighted by Gasteiger charge is -2.10. The molecule has 4 rings (SSSR count). The molecule has 3 aromatic heterocycles. The number of hydrogen-bond acceptors (Lipinski definition) is 5. The Morgan fingerprint density at radius 1 is 1.29 bits per heavy atom. The van der Waals surface area contributed by atoms with Crippen LogP contribution in [0.4, 0.5) is 5.69 Å². The molecule has 2 N–H and O–H groups in total. The molecule has 0 radical (unpaired) electrons. The number of rotatable bonds is 6. The van der Waals surface area contributed by atoms with Crippen molar-refractivity contribution in [1.82, 2.24) is 9.97 Å². The van der Waals surface area contributed by atoms with E-state index in [0.29, 0.717) is 22.2 Å². The Morgan fingerprint density at radius 2 is 2.11 bits per heavy atom. The van der Waals surface area contributed by atoms with Crippen LogP contribution in [0.25, 0.3) is 21.6 Å². The van der Waals surface area contributed by atoms with Crippen LogP contribution in [0.3, 0.4) is 0 Å². The summed E-state index contributed by atoms with van der Waals surface area (Å²) in [5.41, 5.74) is 3.99. The minimum absolute atomic E-state index is 0.363. The molecule has 0 bridgehead atoms. The van der Waals surface area contributed by atoms with E-state index in [0.717, 1.165) is 37.6 Å². The van der Waals surface area contributed by atoms with Gasteiger partial charge in [0.05, 0.1) is 22.8 Å². The molecule has 0 saturated carbocycles. The van der Waals surface area contributed by atoms with Gasteiger partial charge in [-0.25, -0.2) is 13.4 Å². The van der Waals surface area contributed by atoms with Gasteiger partial charge in [0.1, 0.15) is 9.22 Å². The highest BCUT2D eigenvalue weighted by Gasteiger charge is 2.21. The van der Waals surface area contributed by atoms with Crippen molar-refractivity contribution in [2.45, 2.75) is 30.4 Å². The lowest BCUT2D eigenvalue weighted by molar-refractivity contribution is 0.602. The SMILES string of the molecule is CCc1ccsc1S(=O)(=O)Nc1ccc(C)c2cc(-c3ncc(CCl)s3)[nH]c12. The molecule has 0 saturated heterocycles. The first-order valence-corrected chi connectivity index (χ1v) is 12.4. The van der Waals surface area contributed by atoms with Crippen molar-refractivity contribution >= 4 is 60.9 Å². The second-order valence-corrected chi connectivity index (χ2v) is 10.5. The van der Waals surface area contributed by atoms with Gasteiger partial charge in [-0.15, -0.1) is 34.3 Å². The Hall–Kier alpha value is -1.87. The van der Waals surface area contributed by atoms with Crippen LogP contribution in [-0.2, 0) is 22.3 Å². The van der Waals surface area contributed by atoms with Gasteiger partial charge in [0.25, 0.3) is 10.0 Å². The number of nitrogens with zero attached hydrogens (tertiary/aromatic N) is 1. The van der Waals surface area contributed by atoms with Crippen LogP contribution < -0.4 is 4.72 Å². The summed E-state index contributed by atoms with van der Waals surface area (Å²) in [6, 6.07) is 7.56. The fraction of sp³-hybridized carbons (Fsp3) is 0.211. The standard InChI is InChI=1S/C19H18ClN3O2S3/c1-3-12-6-7-26-19(12)28(24,25)23-15-5-4-11(2)14-8-16(22-17(14)15)18-21-10-13(9-20)27-18/h4-8,10,22-23H,3,9H2,1-2H3. The number of thiazole rings is 1. The Balaban J connectivity index is 1.78. The number of anilines is 1. The van der Waals surface area contributed by atoms with Gasteiger partial charge in [-0.2, -0.15) is 0 Å². The van der Waals surface area contributed by atoms with E-state index in [1.807, 2.05) is 37.4 Å². The molecule has 1 aromatic carbocycles. The maximum atomic E-state index is 13.0. The molecule has 0 atom stereocenters. The zero-order valence-corrected chi connectivity index (χ0v) is 18.5. The summed E-state index contributed by atoms with van der Waals surface area (Å²) < 4.78 is 29.0. The van der Waals surface area contributed by atoms with Crippen molar-refractivity contribution in [2.75, 3.05) is 4.72 Å². The fourth-order valence-corrected chi connectivity index (χ4v) is 6.66. The molecule has 0 aliphatic rings. The van der Waals surface area contributed by atoms with Crippen LogP contribution in [0.15, 0.2) is 40.1 Å². The van der Waals surface area contributed by atoms with Crippen LogP contribution >= 0.6 is 34.3 Å². The number of halogens is 1. The molecule has 146 valence electrons. The van der Waals surface area contributed by atoms with Crippen molar-refractivity contribution in [3.8, 4) is 10.7 Å². The van der Waals surface area contributed by atoms with E-state index in [1.165, 1.54) is 22.7 Å². The maximum Gasteiger partial charge on any atom is 0.271 e. The van der Waals surface area contributed by atoms with Crippen molar-refractivity contribution in [3.05, 3.63) is 51.8 Å². The summed E-state index contributed by atoms with van der Waals surface area (Å²) in [4.78, 5) is 8.74. The number of benzene rings is 1. The average Bonchev–Trinajstić information content (AvgIpc) is 3.42. The molecule has 0 unspecified atom stereocenters. The van der Waals surface area contributed by atoms with Crippen LogP contribution in [0.2, 0.25) is 0 Å². The monoisotopic (exact) mass is 451 g/mol. The summed E-state index contributed by atoms with van der Waals surface area (Å²) in [5, 5.41) is 3.59. The Kier molecular flexibility index (Phi) is 5.22. The van der Waals surface area contributed by atoms with Crippen molar-refractivity contribution < 1.29 is 8.42 Å². The first-order chi connectivity index (χ1) is 13.4. The van der Waals surface area contributed by atoms with Crippen molar-refractivity contribution in [3.63, 3.8) is 0 Å². The van der Waals surface area contributed by atoms with Gasteiger partial charge >= 0.3 is 0 Å².